The maximum Gasteiger partial charge on any atom is 0.0587 e. The van der Waals surface area contributed by atoms with Crippen LogP contribution in [0.15, 0.2) is 30.3 Å². The van der Waals surface area contributed by atoms with Crippen molar-refractivity contribution in [3.05, 3.63) is 35.9 Å². The van der Waals surface area contributed by atoms with E-state index in [1.165, 1.54) is 12.0 Å². The van der Waals surface area contributed by atoms with Crippen LogP contribution >= 0.6 is 0 Å². The zero-order valence-electron chi connectivity index (χ0n) is 11.8. The molecule has 18 heavy (non-hydrogen) atoms. The van der Waals surface area contributed by atoms with Crippen LogP contribution in [0, 0.1) is 17.3 Å². The van der Waals surface area contributed by atoms with E-state index in [2.05, 4.69) is 49.5 Å². The summed E-state index contributed by atoms with van der Waals surface area (Å²) in [7, 11) is 1.75. The van der Waals surface area contributed by atoms with E-state index in [4.69, 9.17) is 4.74 Å². The van der Waals surface area contributed by atoms with Crippen molar-refractivity contribution < 1.29 is 4.74 Å². The molecule has 0 aromatic heterocycles. The molecule has 1 N–H and O–H groups in total. The highest BCUT2D eigenvalue weighted by Crippen LogP contribution is 2.59. The lowest BCUT2D eigenvalue weighted by atomic mass is 10.0. The number of ether oxygens (including phenoxy) is 1. The van der Waals surface area contributed by atoms with Gasteiger partial charge in [0.25, 0.3) is 0 Å². The minimum absolute atomic E-state index is 0.482. The van der Waals surface area contributed by atoms with Gasteiger partial charge in [-0.15, -0.1) is 0 Å². The zero-order chi connectivity index (χ0) is 13.0. The molecule has 0 saturated heterocycles. The Balaban J connectivity index is 1.79. The molecule has 2 rings (SSSR count). The van der Waals surface area contributed by atoms with Gasteiger partial charge in [-0.25, -0.2) is 0 Å². The molecule has 1 aliphatic carbocycles. The number of rotatable bonds is 7. The number of nitrogens with one attached hydrogen (secondary N) is 1. The summed E-state index contributed by atoms with van der Waals surface area (Å²) in [6, 6.07) is 10.8. The van der Waals surface area contributed by atoms with Gasteiger partial charge in [0.15, 0.2) is 0 Å². The first-order valence-electron chi connectivity index (χ1n) is 6.90. The van der Waals surface area contributed by atoms with Crippen LogP contribution in [-0.2, 0) is 11.2 Å². The minimum Gasteiger partial charge on any atom is -0.383 e. The Morgan fingerprint density at radius 3 is 2.56 bits per heavy atom. The smallest absolute Gasteiger partial charge is 0.0587 e. The van der Waals surface area contributed by atoms with Crippen molar-refractivity contribution in [2.24, 2.45) is 17.3 Å². The summed E-state index contributed by atoms with van der Waals surface area (Å²) in [6.07, 6.45) is 1.21. The molecular formula is C16H25NO. The second-order valence-corrected chi connectivity index (χ2v) is 5.92. The fraction of sp³-hybridized carbons (Fsp3) is 0.625. The van der Waals surface area contributed by atoms with Crippen LogP contribution in [0.2, 0.25) is 0 Å². The topological polar surface area (TPSA) is 21.3 Å². The maximum absolute atomic E-state index is 5.06. The zero-order valence-corrected chi connectivity index (χ0v) is 11.8. The van der Waals surface area contributed by atoms with Gasteiger partial charge in [0.2, 0.25) is 0 Å². The van der Waals surface area contributed by atoms with Gasteiger partial charge >= 0.3 is 0 Å². The molecule has 0 aliphatic heterocycles. The van der Waals surface area contributed by atoms with Crippen molar-refractivity contribution in [3.63, 3.8) is 0 Å². The van der Waals surface area contributed by atoms with Gasteiger partial charge in [0, 0.05) is 13.7 Å². The Bertz CT molecular complexity index is 361. The van der Waals surface area contributed by atoms with Crippen LogP contribution in [0.5, 0.6) is 0 Å². The average molecular weight is 247 g/mol. The Hall–Kier alpha value is -0.860. The molecule has 0 amide bonds. The average Bonchev–Trinajstić information content (AvgIpc) is 2.87. The van der Waals surface area contributed by atoms with Crippen molar-refractivity contribution in [1.29, 1.82) is 0 Å². The van der Waals surface area contributed by atoms with Crippen molar-refractivity contribution in [1.82, 2.24) is 5.32 Å². The number of benzene rings is 1. The molecule has 100 valence electrons. The van der Waals surface area contributed by atoms with Crippen LogP contribution in [0.3, 0.4) is 0 Å². The van der Waals surface area contributed by atoms with E-state index >= 15 is 0 Å². The monoisotopic (exact) mass is 247 g/mol. The van der Waals surface area contributed by atoms with Gasteiger partial charge in [-0.3, -0.25) is 0 Å². The third-order valence-electron chi connectivity index (χ3n) is 4.43. The lowest BCUT2D eigenvalue weighted by molar-refractivity contribution is 0.198. The molecule has 2 nitrogen and oxygen atoms in total. The Morgan fingerprint density at radius 1 is 1.17 bits per heavy atom. The van der Waals surface area contributed by atoms with E-state index < -0.39 is 0 Å². The van der Waals surface area contributed by atoms with Crippen molar-refractivity contribution in [2.75, 3.05) is 26.8 Å². The van der Waals surface area contributed by atoms with Crippen LogP contribution < -0.4 is 5.32 Å². The first-order chi connectivity index (χ1) is 8.66. The molecule has 1 saturated carbocycles. The Labute approximate surface area is 111 Å². The summed E-state index contributed by atoms with van der Waals surface area (Å²) in [4.78, 5) is 0. The number of hydrogen-bond acceptors (Lipinski definition) is 2. The second kappa shape index (κ2) is 5.85. The lowest BCUT2D eigenvalue weighted by Crippen LogP contribution is -2.23. The van der Waals surface area contributed by atoms with Crippen LogP contribution in [0.25, 0.3) is 0 Å². The quantitative estimate of drug-likeness (QED) is 0.748. The van der Waals surface area contributed by atoms with E-state index in [1.54, 1.807) is 7.11 Å². The lowest BCUT2D eigenvalue weighted by Gasteiger charge is -2.04. The third kappa shape index (κ3) is 3.12. The Morgan fingerprint density at radius 2 is 1.89 bits per heavy atom. The van der Waals surface area contributed by atoms with Gasteiger partial charge in [0.1, 0.15) is 0 Å². The first kappa shape index (κ1) is 13.6. The van der Waals surface area contributed by atoms with Crippen LogP contribution in [-0.4, -0.2) is 26.8 Å². The standard InChI is InChI=1S/C16H25NO/c1-16(2)14(11-13-7-5-4-6-8-13)15(16)12-17-9-10-18-3/h4-8,14-15,17H,9-12H2,1-3H3. The summed E-state index contributed by atoms with van der Waals surface area (Å²) < 4.78 is 5.06. The van der Waals surface area contributed by atoms with Gasteiger partial charge in [0.05, 0.1) is 6.61 Å². The Kier molecular flexibility index (Phi) is 4.41. The van der Waals surface area contributed by atoms with E-state index in [9.17, 15) is 0 Å². The maximum atomic E-state index is 5.06. The minimum atomic E-state index is 0.482. The molecule has 1 aromatic carbocycles. The van der Waals surface area contributed by atoms with E-state index in [0.29, 0.717) is 5.41 Å². The van der Waals surface area contributed by atoms with Crippen molar-refractivity contribution in [2.45, 2.75) is 20.3 Å². The highest BCUT2D eigenvalue weighted by Gasteiger charge is 2.56. The van der Waals surface area contributed by atoms with Crippen LogP contribution in [0.1, 0.15) is 19.4 Å². The molecule has 1 aromatic rings. The summed E-state index contributed by atoms with van der Waals surface area (Å²) in [5, 5.41) is 3.49. The predicted molar refractivity (Wildman–Crippen MR) is 75.7 cm³/mol. The van der Waals surface area contributed by atoms with Gasteiger partial charge in [-0.1, -0.05) is 44.2 Å². The molecule has 0 spiro atoms. The van der Waals surface area contributed by atoms with Gasteiger partial charge < -0.3 is 10.1 Å². The molecule has 0 bridgehead atoms. The highest BCUT2D eigenvalue weighted by molar-refractivity contribution is 5.19. The van der Waals surface area contributed by atoms with Crippen molar-refractivity contribution >= 4 is 0 Å². The van der Waals surface area contributed by atoms with Crippen molar-refractivity contribution in [3.8, 4) is 0 Å². The second-order valence-electron chi connectivity index (χ2n) is 5.92. The fourth-order valence-corrected chi connectivity index (χ4v) is 2.97. The van der Waals surface area contributed by atoms with E-state index in [-0.39, 0.29) is 0 Å². The van der Waals surface area contributed by atoms with E-state index in [1.807, 2.05) is 0 Å². The van der Waals surface area contributed by atoms with Gasteiger partial charge in [-0.05, 0) is 35.8 Å². The largest absolute Gasteiger partial charge is 0.383 e. The molecule has 2 heteroatoms. The molecule has 2 atom stereocenters. The SMILES string of the molecule is COCCNCC1C(Cc2ccccc2)C1(C)C. The van der Waals surface area contributed by atoms with E-state index in [0.717, 1.165) is 31.5 Å². The fourth-order valence-electron chi connectivity index (χ4n) is 2.97. The third-order valence-corrected chi connectivity index (χ3v) is 4.43. The summed E-state index contributed by atoms with van der Waals surface area (Å²) in [5.41, 5.74) is 1.95. The molecule has 0 radical (unpaired) electrons. The van der Waals surface area contributed by atoms with Gasteiger partial charge in [-0.2, -0.15) is 0 Å². The predicted octanol–water partition coefficient (Wildman–Crippen LogP) is 2.74. The summed E-state index contributed by atoms with van der Waals surface area (Å²) in [6.45, 7) is 7.66. The number of hydrogen-bond donors (Lipinski definition) is 1. The summed E-state index contributed by atoms with van der Waals surface area (Å²) in [5.74, 6) is 1.62. The molecular weight excluding hydrogens is 222 g/mol. The molecule has 0 heterocycles. The molecule has 2 unspecified atom stereocenters. The normalized spacial score (nSPS) is 25.1. The highest BCUT2D eigenvalue weighted by atomic mass is 16.5. The van der Waals surface area contributed by atoms with Crippen LogP contribution in [0.4, 0.5) is 0 Å². The number of methoxy groups -OCH3 is 1. The first-order valence-corrected chi connectivity index (χ1v) is 6.90. The summed E-state index contributed by atoms with van der Waals surface area (Å²) >= 11 is 0. The molecule has 1 aliphatic rings. The molecule has 1 fully saturated rings.